The van der Waals surface area contributed by atoms with Crippen LogP contribution < -0.4 is 5.32 Å². The van der Waals surface area contributed by atoms with Crippen molar-refractivity contribution >= 4 is 5.96 Å². The van der Waals surface area contributed by atoms with Crippen LogP contribution in [0.15, 0.2) is 35.3 Å². The number of aliphatic imine (C=N–C) groups is 1. The number of hydrogen-bond acceptors (Lipinski definition) is 1. The van der Waals surface area contributed by atoms with Gasteiger partial charge in [-0.2, -0.15) is 0 Å². The van der Waals surface area contributed by atoms with E-state index in [4.69, 9.17) is 0 Å². The molecule has 0 unspecified atom stereocenters. The van der Waals surface area contributed by atoms with Gasteiger partial charge in [-0.05, 0) is 44.6 Å². The van der Waals surface area contributed by atoms with Crippen LogP contribution in [0.2, 0.25) is 0 Å². The van der Waals surface area contributed by atoms with Crippen LogP contribution in [0.25, 0.3) is 0 Å². The Morgan fingerprint density at radius 3 is 2.50 bits per heavy atom. The van der Waals surface area contributed by atoms with E-state index in [0.29, 0.717) is 0 Å². The first-order chi connectivity index (χ1) is 9.83. The molecule has 0 bridgehead atoms. The monoisotopic (exact) mass is 273 g/mol. The van der Waals surface area contributed by atoms with Crippen LogP contribution in [0, 0.1) is 5.92 Å². The van der Waals surface area contributed by atoms with Crippen molar-refractivity contribution in [3.8, 4) is 0 Å². The van der Waals surface area contributed by atoms with Crippen molar-refractivity contribution in [3.63, 3.8) is 0 Å². The summed E-state index contributed by atoms with van der Waals surface area (Å²) in [5.74, 6) is 1.91. The Kier molecular flexibility index (Phi) is 5.90. The Bertz CT molecular complexity index is 406. The molecule has 110 valence electrons. The molecular formula is C17H27N3. The lowest BCUT2D eigenvalue weighted by Gasteiger charge is -2.34. The van der Waals surface area contributed by atoms with Crippen LogP contribution in [-0.4, -0.2) is 37.0 Å². The van der Waals surface area contributed by atoms with Gasteiger partial charge in [0.25, 0.3) is 0 Å². The summed E-state index contributed by atoms with van der Waals surface area (Å²) in [5, 5.41) is 3.39. The van der Waals surface area contributed by atoms with Gasteiger partial charge in [-0.1, -0.05) is 30.3 Å². The molecule has 1 saturated heterocycles. The largest absolute Gasteiger partial charge is 0.357 e. The summed E-state index contributed by atoms with van der Waals surface area (Å²) < 4.78 is 0. The lowest BCUT2D eigenvalue weighted by molar-refractivity contribution is 0.259. The first-order valence-corrected chi connectivity index (χ1v) is 7.90. The van der Waals surface area contributed by atoms with Crippen molar-refractivity contribution in [1.82, 2.24) is 10.2 Å². The molecule has 0 aliphatic carbocycles. The third-order valence-corrected chi connectivity index (χ3v) is 3.92. The van der Waals surface area contributed by atoms with Gasteiger partial charge in [0, 0.05) is 26.2 Å². The van der Waals surface area contributed by atoms with Crippen molar-refractivity contribution < 1.29 is 0 Å². The Labute approximate surface area is 123 Å². The fourth-order valence-corrected chi connectivity index (χ4v) is 2.87. The average Bonchev–Trinajstić information content (AvgIpc) is 2.49. The van der Waals surface area contributed by atoms with Gasteiger partial charge >= 0.3 is 0 Å². The third kappa shape index (κ3) is 4.26. The molecule has 3 nitrogen and oxygen atoms in total. The van der Waals surface area contributed by atoms with Gasteiger partial charge in [0.1, 0.15) is 0 Å². The SMILES string of the molecule is CCN=C(NCC)N1CCC(Cc2ccccc2)CC1. The highest BCUT2D eigenvalue weighted by molar-refractivity contribution is 5.80. The fourth-order valence-electron chi connectivity index (χ4n) is 2.87. The van der Waals surface area contributed by atoms with E-state index in [1.165, 1.54) is 24.8 Å². The van der Waals surface area contributed by atoms with Gasteiger partial charge in [0.2, 0.25) is 0 Å². The molecule has 20 heavy (non-hydrogen) atoms. The maximum Gasteiger partial charge on any atom is 0.193 e. The molecule has 1 aliphatic rings. The second kappa shape index (κ2) is 7.93. The highest BCUT2D eigenvalue weighted by atomic mass is 15.3. The van der Waals surface area contributed by atoms with Crippen LogP contribution in [0.1, 0.15) is 32.3 Å². The molecule has 1 aliphatic heterocycles. The van der Waals surface area contributed by atoms with Gasteiger partial charge < -0.3 is 10.2 Å². The normalized spacial score (nSPS) is 17.3. The first-order valence-electron chi connectivity index (χ1n) is 7.90. The summed E-state index contributed by atoms with van der Waals surface area (Å²) in [5.41, 5.74) is 1.47. The molecule has 0 spiro atoms. The summed E-state index contributed by atoms with van der Waals surface area (Å²) in [6.07, 6.45) is 3.75. The molecule has 0 amide bonds. The Morgan fingerprint density at radius 2 is 1.90 bits per heavy atom. The van der Waals surface area contributed by atoms with Gasteiger partial charge in [-0.3, -0.25) is 4.99 Å². The van der Waals surface area contributed by atoms with Crippen LogP contribution in [-0.2, 0) is 6.42 Å². The molecule has 0 atom stereocenters. The number of guanidine groups is 1. The van der Waals surface area contributed by atoms with E-state index >= 15 is 0 Å². The van der Waals surface area contributed by atoms with Crippen molar-refractivity contribution in [2.45, 2.75) is 33.1 Å². The van der Waals surface area contributed by atoms with E-state index in [1.807, 2.05) is 0 Å². The summed E-state index contributed by atoms with van der Waals surface area (Å²) in [4.78, 5) is 6.99. The molecule has 1 fully saturated rings. The predicted octanol–water partition coefficient (Wildman–Crippen LogP) is 2.93. The Hall–Kier alpha value is -1.51. The zero-order valence-corrected chi connectivity index (χ0v) is 12.8. The number of benzene rings is 1. The number of piperidine rings is 1. The molecule has 1 N–H and O–H groups in total. The zero-order valence-electron chi connectivity index (χ0n) is 12.8. The molecule has 3 heteroatoms. The molecule has 0 saturated carbocycles. The smallest absolute Gasteiger partial charge is 0.193 e. The van der Waals surface area contributed by atoms with Gasteiger partial charge in [0.05, 0.1) is 0 Å². The minimum atomic E-state index is 0.818. The van der Waals surface area contributed by atoms with E-state index < -0.39 is 0 Å². The maximum absolute atomic E-state index is 4.58. The van der Waals surface area contributed by atoms with E-state index in [-0.39, 0.29) is 0 Å². The second-order valence-corrected chi connectivity index (χ2v) is 5.45. The van der Waals surface area contributed by atoms with E-state index in [9.17, 15) is 0 Å². The third-order valence-electron chi connectivity index (χ3n) is 3.92. The van der Waals surface area contributed by atoms with Crippen LogP contribution in [0.3, 0.4) is 0 Å². The Balaban J connectivity index is 1.84. The van der Waals surface area contributed by atoms with E-state index in [1.54, 1.807) is 0 Å². The molecule has 0 aromatic heterocycles. The topological polar surface area (TPSA) is 27.6 Å². The minimum Gasteiger partial charge on any atom is -0.357 e. The first kappa shape index (κ1) is 14.9. The van der Waals surface area contributed by atoms with Gasteiger partial charge in [0.15, 0.2) is 5.96 Å². The number of hydrogen-bond donors (Lipinski definition) is 1. The molecule has 2 rings (SSSR count). The minimum absolute atomic E-state index is 0.818. The lowest BCUT2D eigenvalue weighted by Crippen LogP contribution is -2.45. The van der Waals surface area contributed by atoms with Gasteiger partial charge in [-0.15, -0.1) is 0 Å². The van der Waals surface area contributed by atoms with Crippen molar-refractivity contribution in [1.29, 1.82) is 0 Å². The van der Waals surface area contributed by atoms with Crippen molar-refractivity contribution in [3.05, 3.63) is 35.9 Å². The zero-order chi connectivity index (χ0) is 14.2. The number of rotatable bonds is 4. The lowest BCUT2D eigenvalue weighted by atomic mass is 9.90. The highest BCUT2D eigenvalue weighted by Crippen LogP contribution is 2.21. The number of nitrogens with one attached hydrogen (secondary N) is 1. The molecule has 1 heterocycles. The summed E-state index contributed by atoms with van der Waals surface area (Å²) >= 11 is 0. The molecule has 1 aromatic carbocycles. The van der Waals surface area contributed by atoms with Crippen LogP contribution >= 0.6 is 0 Å². The van der Waals surface area contributed by atoms with Crippen molar-refractivity contribution in [2.24, 2.45) is 10.9 Å². The second-order valence-electron chi connectivity index (χ2n) is 5.45. The fraction of sp³-hybridized carbons (Fsp3) is 0.588. The van der Waals surface area contributed by atoms with Crippen LogP contribution in [0.5, 0.6) is 0 Å². The number of likely N-dealkylation sites (tertiary alicyclic amines) is 1. The standard InChI is InChI=1S/C17H27N3/c1-3-18-17(19-4-2)20-12-10-16(11-13-20)14-15-8-6-5-7-9-15/h5-9,16H,3-4,10-14H2,1-2H3,(H,18,19). The predicted molar refractivity (Wildman–Crippen MR) is 86.1 cm³/mol. The number of nitrogens with zero attached hydrogens (tertiary/aromatic N) is 2. The molecule has 0 radical (unpaired) electrons. The highest BCUT2D eigenvalue weighted by Gasteiger charge is 2.21. The summed E-state index contributed by atoms with van der Waals surface area (Å²) in [6.45, 7) is 8.29. The van der Waals surface area contributed by atoms with Crippen molar-refractivity contribution in [2.75, 3.05) is 26.2 Å². The maximum atomic E-state index is 4.58. The Morgan fingerprint density at radius 1 is 1.20 bits per heavy atom. The van der Waals surface area contributed by atoms with Gasteiger partial charge in [-0.25, -0.2) is 0 Å². The quantitative estimate of drug-likeness (QED) is 0.675. The van der Waals surface area contributed by atoms with E-state index in [0.717, 1.165) is 38.1 Å². The van der Waals surface area contributed by atoms with E-state index in [2.05, 4.69) is 59.4 Å². The summed E-state index contributed by atoms with van der Waals surface area (Å²) in [7, 11) is 0. The molecule has 1 aromatic rings. The average molecular weight is 273 g/mol. The molecular weight excluding hydrogens is 246 g/mol. The summed E-state index contributed by atoms with van der Waals surface area (Å²) in [6, 6.07) is 10.9. The van der Waals surface area contributed by atoms with Crippen LogP contribution in [0.4, 0.5) is 0 Å².